The van der Waals surface area contributed by atoms with Gasteiger partial charge in [0.1, 0.15) is 0 Å². The zero-order chi connectivity index (χ0) is 20.1. The van der Waals surface area contributed by atoms with E-state index in [0.29, 0.717) is 18.6 Å². The van der Waals surface area contributed by atoms with Crippen LogP contribution in [0.5, 0.6) is 0 Å². The molecule has 1 heterocycles. The molecule has 0 aliphatic carbocycles. The van der Waals surface area contributed by atoms with E-state index in [9.17, 15) is 9.59 Å². The lowest BCUT2D eigenvalue weighted by Gasteiger charge is -2.14. The molecular formula is C23H23NO4. The summed E-state index contributed by atoms with van der Waals surface area (Å²) < 4.78 is 7.08. The minimum atomic E-state index is -0.831. The lowest BCUT2D eigenvalue weighted by Crippen LogP contribution is -2.07. The van der Waals surface area contributed by atoms with Crippen LogP contribution in [0.1, 0.15) is 35.0 Å². The highest BCUT2D eigenvalue weighted by atomic mass is 16.5. The summed E-state index contributed by atoms with van der Waals surface area (Å²) >= 11 is 0. The molecule has 1 N–H and O–H groups in total. The molecule has 0 atom stereocenters. The molecule has 144 valence electrons. The van der Waals surface area contributed by atoms with Crippen LogP contribution in [-0.2, 0) is 16.0 Å². The number of aromatic nitrogens is 1. The molecule has 0 aliphatic heterocycles. The summed E-state index contributed by atoms with van der Waals surface area (Å²) in [5.41, 5.74) is 5.45. The topological polar surface area (TPSA) is 68.5 Å². The van der Waals surface area contributed by atoms with E-state index >= 15 is 0 Å². The van der Waals surface area contributed by atoms with Crippen LogP contribution in [0.25, 0.3) is 16.9 Å². The summed E-state index contributed by atoms with van der Waals surface area (Å²) in [7, 11) is 0. The van der Waals surface area contributed by atoms with Crippen molar-refractivity contribution in [2.24, 2.45) is 0 Å². The Balaban J connectivity index is 2.03. The van der Waals surface area contributed by atoms with E-state index in [1.165, 1.54) is 5.56 Å². The fraction of sp³-hybridized carbons (Fsp3) is 0.217. The van der Waals surface area contributed by atoms with Crippen molar-refractivity contribution < 1.29 is 19.4 Å². The fourth-order valence-electron chi connectivity index (χ4n) is 3.12. The fourth-order valence-corrected chi connectivity index (χ4v) is 3.12. The normalized spacial score (nSPS) is 10.6. The number of carboxylic acids is 1. The lowest BCUT2D eigenvalue weighted by atomic mass is 10.1. The zero-order valence-electron chi connectivity index (χ0n) is 16.0. The van der Waals surface area contributed by atoms with E-state index in [4.69, 9.17) is 9.84 Å². The SMILES string of the molecule is CCOC(=O)c1ccc(-n2c(CCC(=O)O)ccc2-c2ccc(C)cc2)cc1. The maximum Gasteiger partial charge on any atom is 0.338 e. The number of rotatable bonds is 7. The molecule has 0 fully saturated rings. The third-order valence-corrected chi connectivity index (χ3v) is 4.54. The molecule has 0 saturated heterocycles. The predicted molar refractivity (Wildman–Crippen MR) is 108 cm³/mol. The molecule has 0 radical (unpaired) electrons. The minimum absolute atomic E-state index is 0.0538. The van der Waals surface area contributed by atoms with Gasteiger partial charge in [0.05, 0.1) is 24.3 Å². The molecule has 0 amide bonds. The molecule has 0 aliphatic rings. The number of aliphatic carboxylic acids is 1. The van der Waals surface area contributed by atoms with E-state index in [1.54, 1.807) is 19.1 Å². The van der Waals surface area contributed by atoms with E-state index in [0.717, 1.165) is 22.6 Å². The van der Waals surface area contributed by atoms with Crippen molar-refractivity contribution in [3.63, 3.8) is 0 Å². The van der Waals surface area contributed by atoms with Gasteiger partial charge >= 0.3 is 11.9 Å². The molecule has 1 aromatic heterocycles. The molecule has 28 heavy (non-hydrogen) atoms. The summed E-state index contributed by atoms with van der Waals surface area (Å²) in [5.74, 6) is -1.19. The molecule has 0 bridgehead atoms. The smallest absolute Gasteiger partial charge is 0.338 e. The van der Waals surface area contributed by atoms with Crippen molar-refractivity contribution in [1.82, 2.24) is 4.57 Å². The highest BCUT2D eigenvalue weighted by Crippen LogP contribution is 2.28. The van der Waals surface area contributed by atoms with Crippen LogP contribution in [-0.4, -0.2) is 28.2 Å². The Morgan fingerprint density at radius 1 is 0.964 bits per heavy atom. The number of benzene rings is 2. The number of carbonyl (C=O) groups is 2. The third kappa shape index (κ3) is 4.31. The molecule has 3 rings (SSSR count). The number of ether oxygens (including phenoxy) is 1. The molecule has 0 unspecified atom stereocenters. The number of aryl methyl sites for hydroxylation is 2. The zero-order valence-corrected chi connectivity index (χ0v) is 16.0. The molecule has 0 spiro atoms. The summed E-state index contributed by atoms with van der Waals surface area (Å²) in [6.07, 6.45) is 0.471. The Kier molecular flexibility index (Phi) is 5.94. The highest BCUT2D eigenvalue weighted by Gasteiger charge is 2.14. The maximum absolute atomic E-state index is 11.9. The van der Waals surface area contributed by atoms with Crippen molar-refractivity contribution in [1.29, 1.82) is 0 Å². The average molecular weight is 377 g/mol. The predicted octanol–water partition coefficient (Wildman–Crippen LogP) is 4.65. The van der Waals surface area contributed by atoms with Crippen LogP contribution in [0.15, 0.2) is 60.7 Å². The van der Waals surface area contributed by atoms with Gasteiger partial charge in [-0.25, -0.2) is 4.79 Å². The van der Waals surface area contributed by atoms with Gasteiger partial charge < -0.3 is 14.4 Å². The van der Waals surface area contributed by atoms with Crippen LogP contribution in [0.4, 0.5) is 0 Å². The Labute approximate surface area is 164 Å². The van der Waals surface area contributed by atoms with Gasteiger partial charge in [-0.1, -0.05) is 29.8 Å². The molecule has 5 nitrogen and oxygen atoms in total. The Hall–Kier alpha value is -3.34. The second-order valence-electron chi connectivity index (χ2n) is 6.57. The highest BCUT2D eigenvalue weighted by molar-refractivity contribution is 5.89. The summed E-state index contributed by atoms with van der Waals surface area (Å²) in [4.78, 5) is 23.0. The van der Waals surface area contributed by atoms with E-state index in [2.05, 4.69) is 12.1 Å². The first-order chi connectivity index (χ1) is 13.5. The number of carbonyl (C=O) groups excluding carboxylic acids is 1. The summed E-state index contributed by atoms with van der Waals surface area (Å²) in [6, 6.07) is 19.3. The van der Waals surface area contributed by atoms with Crippen LogP contribution >= 0.6 is 0 Å². The second-order valence-corrected chi connectivity index (χ2v) is 6.57. The first kappa shape index (κ1) is 19.4. The van der Waals surface area contributed by atoms with Gasteiger partial charge in [0.25, 0.3) is 0 Å². The van der Waals surface area contributed by atoms with Crippen molar-refractivity contribution in [3.05, 3.63) is 77.5 Å². The first-order valence-corrected chi connectivity index (χ1v) is 9.26. The summed E-state index contributed by atoms with van der Waals surface area (Å²) in [5, 5.41) is 9.08. The second kappa shape index (κ2) is 8.57. The Bertz CT molecular complexity index is 969. The van der Waals surface area contributed by atoms with Crippen molar-refractivity contribution in [2.75, 3.05) is 6.61 Å². The summed E-state index contributed by atoms with van der Waals surface area (Å²) in [6.45, 7) is 4.14. The number of carboxylic acid groups (broad SMARTS) is 1. The monoisotopic (exact) mass is 377 g/mol. The molecule has 0 saturated carbocycles. The molecular weight excluding hydrogens is 354 g/mol. The Morgan fingerprint density at radius 2 is 1.64 bits per heavy atom. The van der Waals surface area contributed by atoms with E-state index in [1.807, 2.05) is 47.9 Å². The standard InChI is InChI=1S/C23H23NO4/c1-3-28-23(27)18-8-10-19(11-9-18)24-20(13-15-22(25)26)12-14-21(24)17-6-4-16(2)5-7-17/h4-12,14H,3,13,15H2,1-2H3,(H,25,26). The number of nitrogens with zero attached hydrogens (tertiary/aromatic N) is 1. The maximum atomic E-state index is 11.9. The van der Waals surface area contributed by atoms with E-state index < -0.39 is 5.97 Å². The van der Waals surface area contributed by atoms with Crippen molar-refractivity contribution >= 4 is 11.9 Å². The van der Waals surface area contributed by atoms with Crippen molar-refractivity contribution in [3.8, 4) is 16.9 Å². The van der Waals surface area contributed by atoms with Gasteiger partial charge in [-0.3, -0.25) is 4.79 Å². The van der Waals surface area contributed by atoms with Crippen LogP contribution in [0.3, 0.4) is 0 Å². The largest absolute Gasteiger partial charge is 0.481 e. The molecule has 5 heteroatoms. The van der Waals surface area contributed by atoms with E-state index in [-0.39, 0.29) is 12.4 Å². The van der Waals surface area contributed by atoms with Crippen molar-refractivity contribution in [2.45, 2.75) is 26.7 Å². The van der Waals surface area contributed by atoms with Gasteiger partial charge in [-0.15, -0.1) is 0 Å². The minimum Gasteiger partial charge on any atom is -0.481 e. The first-order valence-electron chi connectivity index (χ1n) is 9.26. The van der Waals surface area contributed by atoms with Crippen LogP contribution < -0.4 is 0 Å². The van der Waals surface area contributed by atoms with Gasteiger partial charge in [-0.2, -0.15) is 0 Å². The Morgan fingerprint density at radius 3 is 2.25 bits per heavy atom. The van der Waals surface area contributed by atoms with Crippen LogP contribution in [0, 0.1) is 6.92 Å². The van der Waals surface area contributed by atoms with Gasteiger partial charge in [0.15, 0.2) is 0 Å². The molecule has 2 aromatic carbocycles. The lowest BCUT2D eigenvalue weighted by molar-refractivity contribution is -0.136. The van der Waals surface area contributed by atoms with Gasteiger partial charge in [0, 0.05) is 11.4 Å². The quantitative estimate of drug-likeness (QED) is 0.609. The van der Waals surface area contributed by atoms with Gasteiger partial charge in [-0.05, 0) is 62.2 Å². The average Bonchev–Trinajstić information content (AvgIpc) is 3.11. The third-order valence-electron chi connectivity index (χ3n) is 4.54. The molecule has 3 aromatic rings. The van der Waals surface area contributed by atoms with Gasteiger partial charge in [0.2, 0.25) is 0 Å². The number of hydrogen-bond acceptors (Lipinski definition) is 3. The number of esters is 1. The van der Waals surface area contributed by atoms with Crippen LogP contribution in [0.2, 0.25) is 0 Å². The number of hydrogen-bond donors (Lipinski definition) is 1.